The predicted molar refractivity (Wildman–Crippen MR) is 146 cm³/mol. The summed E-state index contributed by atoms with van der Waals surface area (Å²) in [6, 6.07) is 12.3. The van der Waals surface area contributed by atoms with Crippen LogP contribution >= 0.6 is 11.3 Å². The molecule has 3 heterocycles. The zero-order valence-electron chi connectivity index (χ0n) is 21.6. The highest BCUT2D eigenvalue weighted by atomic mass is 32.2. The van der Waals surface area contributed by atoms with E-state index >= 15 is 0 Å². The molecule has 2 atom stereocenters. The topological polar surface area (TPSA) is 126 Å². The molecule has 1 fully saturated rings. The average molecular weight is 557 g/mol. The van der Waals surface area contributed by atoms with Crippen molar-refractivity contribution in [1.29, 1.82) is 0 Å². The fourth-order valence-electron chi connectivity index (χ4n) is 4.40. The van der Waals surface area contributed by atoms with Gasteiger partial charge in [0.25, 0.3) is 15.9 Å². The lowest BCUT2D eigenvalue weighted by molar-refractivity contribution is -0.129. The fourth-order valence-corrected chi connectivity index (χ4v) is 6.74. The highest BCUT2D eigenvalue weighted by molar-refractivity contribution is 7.89. The minimum atomic E-state index is -3.94. The van der Waals surface area contributed by atoms with Gasteiger partial charge < -0.3 is 10.6 Å². The van der Waals surface area contributed by atoms with Crippen LogP contribution in [0.3, 0.4) is 0 Å². The number of nitrogens with zero attached hydrogens (tertiary/aromatic N) is 2. The van der Waals surface area contributed by atoms with Gasteiger partial charge in [-0.25, -0.2) is 13.4 Å². The zero-order valence-corrected chi connectivity index (χ0v) is 23.3. The Bertz CT molecular complexity index is 1400. The average Bonchev–Trinajstić information content (AvgIpc) is 3.22. The number of amides is 2. The summed E-state index contributed by atoms with van der Waals surface area (Å²) in [7, 11) is -3.94. The van der Waals surface area contributed by atoms with Crippen LogP contribution in [-0.2, 0) is 19.6 Å². The summed E-state index contributed by atoms with van der Waals surface area (Å²) in [5.41, 5.74) is -0.281. The van der Waals surface area contributed by atoms with Gasteiger partial charge in [-0.1, -0.05) is 45.0 Å². The molecule has 1 aliphatic heterocycles. The standard InChI is InChI=1S/C27H32N4O5S2/c1-27(2,3)16-20(30-26(34)23-15-18-9-4-5-11-22(18)37-23)25(33)29-19-10-8-14-31(17-21(19)32)38(35,36)24-12-6-7-13-28-24/h4-7,9,11-13,15,19-20H,8,10,14,16-17H2,1-3H3,(H,29,33)(H,30,34)/t19-,20+/m1/s1. The number of nitrogens with one attached hydrogen (secondary N) is 2. The van der Waals surface area contributed by atoms with Crippen LogP contribution in [0.5, 0.6) is 0 Å². The van der Waals surface area contributed by atoms with E-state index in [4.69, 9.17) is 0 Å². The van der Waals surface area contributed by atoms with Gasteiger partial charge in [-0.15, -0.1) is 11.3 Å². The second-order valence-corrected chi connectivity index (χ2v) is 13.6. The van der Waals surface area contributed by atoms with E-state index in [0.29, 0.717) is 24.1 Å². The van der Waals surface area contributed by atoms with Crippen molar-refractivity contribution in [2.45, 2.75) is 57.1 Å². The smallest absolute Gasteiger partial charge is 0.262 e. The Morgan fingerprint density at radius 2 is 1.89 bits per heavy atom. The normalized spacial score (nSPS) is 18.1. The lowest BCUT2D eigenvalue weighted by Gasteiger charge is -2.27. The minimum Gasteiger partial charge on any atom is -0.344 e. The van der Waals surface area contributed by atoms with Gasteiger partial charge in [0.05, 0.1) is 17.5 Å². The molecule has 0 radical (unpaired) electrons. The van der Waals surface area contributed by atoms with Gasteiger partial charge in [0.2, 0.25) is 5.91 Å². The van der Waals surface area contributed by atoms with Gasteiger partial charge in [-0.3, -0.25) is 14.4 Å². The summed E-state index contributed by atoms with van der Waals surface area (Å²) >= 11 is 1.35. The van der Waals surface area contributed by atoms with Crippen LogP contribution in [0.4, 0.5) is 0 Å². The maximum atomic E-state index is 13.4. The highest BCUT2D eigenvalue weighted by Crippen LogP contribution is 2.26. The van der Waals surface area contributed by atoms with Crippen LogP contribution in [0.15, 0.2) is 59.8 Å². The molecule has 11 heteroatoms. The Hall–Kier alpha value is -3.15. The van der Waals surface area contributed by atoms with Crippen LogP contribution in [0.1, 0.15) is 49.7 Å². The monoisotopic (exact) mass is 556 g/mol. The van der Waals surface area contributed by atoms with E-state index in [1.807, 2.05) is 45.0 Å². The summed E-state index contributed by atoms with van der Waals surface area (Å²) < 4.78 is 28.0. The molecule has 38 heavy (non-hydrogen) atoms. The van der Waals surface area contributed by atoms with Crippen LogP contribution < -0.4 is 10.6 Å². The molecule has 1 aliphatic rings. The summed E-state index contributed by atoms with van der Waals surface area (Å²) in [6.45, 7) is 5.69. The summed E-state index contributed by atoms with van der Waals surface area (Å²) in [5, 5.41) is 6.48. The van der Waals surface area contributed by atoms with Gasteiger partial charge in [0.15, 0.2) is 10.8 Å². The summed E-state index contributed by atoms with van der Waals surface area (Å²) in [5.74, 6) is -1.22. The van der Waals surface area contributed by atoms with E-state index in [-0.39, 0.29) is 29.4 Å². The Balaban J connectivity index is 1.46. The third-order valence-electron chi connectivity index (χ3n) is 6.27. The number of benzene rings is 1. The molecule has 0 saturated carbocycles. The molecular weight excluding hydrogens is 524 g/mol. The number of ketones is 1. The third kappa shape index (κ3) is 6.64. The SMILES string of the molecule is CC(C)(C)C[C@H](NC(=O)c1cc2ccccc2s1)C(=O)N[C@@H]1CCCN(S(=O)(=O)c2ccccn2)CC1=O. The first kappa shape index (κ1) is 27.9. The predicted octanol–water partition coefficient (Wildman–Crippen LogP) is 3.37. The maximum Gasteiger partial charge on any atom is 0.262 e. The van der Waals surface area contributed by atoms with Crippen LogP contribution in [0.25, 0.3) is 10.1 Å². The number of carbonyl (C=O) groups excluding carboxylic acids is 3. The van der Waals surface area contributed by atoms with E-state index in [2.05, 4.69) is 15.6 Å². The van der Waals surface area contributed by atoms with Crippen LogP contribution in [0, 0.1) is 5.41 Å². The number of sulfonamides is 1. The highest BCUT2D eigenvalue weighted by Gasteiger charge is 2.35. The number of thiophene rings is 1. The second-order valence-electron chi connectivity index (χ2n) is 10.6. The number of Topliss-reactive ketones (excluding diaryl/α,β-unsaturated/α-hetero) is 1. The molecular formula is C27H32N4O5S2. The summed E-state index contributed by atoms with van der Waals surface area (Å²) in [6.07, 6.45) is 2.43. The summed E-state index contributed by atoms with van der Waals surface area (Å²) in [4.78, 5) is 43.9. The molecule has 2 N–H and O–H groups in total. The van der Waals surface area contributed by atoms with Crippen molar-refractivity contribution in [2.75, 3.05) is 13.1 Å². The number of carbonyl (C=O) groups is 3. The zero-order chi connectivity index (χ0) is 27.5. The Kier molecular flexibility index (Phi) is 8.29. The van der Waals surface area contributed by atoms with E-state index in [1.54, 1.807) is 18.2 Å². The van der Waals surface area contributed by atoms with E-state index < -0.39 is 33.8 Å². The lowest BCUT2D eigenvalue weighted by Crippen LogP contribution is -2.53. The first-order valence-corrected chi connectivity index (χ1v) is 14.7. The van der Waals surface area contributed by atoms with Gasteiger partial charge >= 0.3 is 0 Å². The van der Waals surface area contributed by atoms with Crippen molar-refractivity contribution in [1.82, 2.24) is 19.9 Å². The van der Waals surface area contributed by atoms with Gasteiger partial charge in [0, 0.05) is 17.4 Å². The first-order chi connectivity index (χ1) is 17.9. The van der Waals surface area contributed by atoms with Crippen LogP contribution in [-0.4, -0.2) is 60.5 Å². The number of hydrogen-bond donors (Lipinski definition) is 2. The number of hydrogen-bond acceptors (Lipinski definition) is 7. The minimum absolute atomic E-state index is 0.121. The first-order valence-electron chi connectivity index (χ1n) is 12.5. The Morgan fingerprint density at radius 3 is 2.58 bits per heavy atom. The lowest BCUT2D eigenvalue weighted by atomic mass is 9.87. The molecule has 0 unspecified atom stereocenters. The fraction of sp³-hybridized carbons (Fsp3) is 0.407. The molecule has 3 aromatic rings. The molecule has 4 rings (SSSR count). The maximum absolute atomic E-state index is 13.4. The Labute approximate surface area is 226 Å². The molecule has 0 spiro atoms. The van der Waals surface area contributed by atoms with E-state index in [1.165, 1.54) is 23.6 Å². The van der Waals surface area contributed by atoms with Crippen molar-refractivity contribution < 1.29 is 22.8 Å². The number of rotatable bonds is 7. The molecule has 202 valence electrons. The van der Waals surface area contributed by atoms with E-state index in [0.717, 1.165) is 14.4 Å². The largest absolute Gasteiger partial charge is 0.344 e. The number of pyridine rings is 1. The molecule has 0 aliphatic carbocycles. The third-order valence-corrected chi connectivity index (χ3v) is 9.14. The second kappa shape index (κ2) is 11.3. The van der Waals surface area contributed by atoms with Gasteiger partial charge in [-0.05, 0) is 54.3 Å². The van der Waals surface area contributed by atoms with Gasteiger partial charge in [0.1, 0.15) is 6.04 Å². The van der Waals surface area contributed by atoms with E-state index in [9.17, 15) is 22.8 Å². The molecule has 1 saturated heterocycles. The number of aromatic nitrogens is 1. The molecule has 0 bridgehead atoms. The Morgan fingerprint density at radius 1 is 1.16 bits per heavy atom. The number of fused-ring (bicyclic) bond motifs is 1. The molecule has 1 aromatic carbocycles. The van der Waals surface area contributed by atoms with Gasteiger partial charge in [-0.2, -0.15) is 4.31 Å². The molecule has 2 amide bonds. The molecule has 2 aromatic heterocycles. The van der Waals surface area contributed by atoms with Crippen molar-refractivity contribution in [3.05, 3.63) is 59.6 Å². The van der Waals surface area contributed by atoms with Crippen molar-refractivity contribution in [2.24, 2.45) is 5.41 Å². The van der Waals surface area contributed by atoms with Crippen LogP contribution in [0.2, 0.25) is 0 Å². The van der Waals surface area contributed by atoms with Crippen molar-refractivity contribution >= 4 is 49.0 Å². The van der Waals surface area contributed by atoms with Crippen molar-refractivity contribution in [3.63, 3.8) is 0 Å². The molecule has 9 nitrogen and oxygen atoms in total. The van der Waals surface area contributed by atoms with Crippen molar-refractivity contribution in [3.8, 4) is 0 Å². The quantitative estimate of drug-likeness (QED) is 0.460.